The second kappa shape index (κ2) is 10.3. The van der Waals surface area contributed by atoms with Crippen molar-refractivity contribution in [3.63, 3.8) is 0 Å². The van der Waals surface area contributed by atoms with E-state index in [2.05, 4.69) is 9.47 Å². The number of methoxy groups -OCH3 is 2. The van der Waals surface area contributed by atoms with Gasteiger partial charge in [0.25, 0.3) is 0 Å². The molecule has 0 aromatic rings. The van der Waals surface area contributed by atoms with Gasteiger partial charge in [0.05, 0.1) is 14.2 Å². The number of carboxylic acids is 2. The maximum Gasteiger partial charge on any atom is 0.331 e. The van der Waals surface area contributed by atoms with Gasteiger partial charge in [0, 0.05) is 23.3 Å². The Bertz CT molecular complexity index is 404. The van der Waals surface area contributed by atoms with E-state index in [4.69, 9.17) is 10.2 Å². The Morgan fingerprint density at radius 3 is 1.15 bits per heavy atom. The van der Waals surface area contributed by atoms with Crippen molar-refractivity contribution in [3.05, 3.63) is 23.3 Å². The Kier molecular flexibility index (Phi) is 10.1. The fourth-order valence-corrected chi connectivity index (χ4v) is 0.593. The van der Waals surface area contributed by atoms with Crippen molar-refractivity contribution < 1.29 is 38.9 Å². The SMILES string of the molecule is C/C(C(=O)O)=C(\C)C(=O)O.COC(=O)/C=C\C(=O)OC. The smallest absolute Gasteiger partial charge is 0.331 e. The largest absolute Gasteiger partial charge is 0.478 e. The number of esters is 2. The maximum absolute atomic E-state index is 10.3. The zero-order valence-corrected chi connectivity index (χ0v) is 11.5. The predicted octanol–water partition coefficient (Wildman–Crippen LogP) is 0.381. The minimum atomic E-state index is -1.19. The highest BCUT2D eigenvalue weighted by Crippen LogP contribution is 2.02. The number of carboxylic acid groups (broad SMARTS) is 2. The Hall–Kier alpha value is -2.64. The quantitative estimate of drug-likeness (QED) is 0.561. The first-order valence-electron chi connectivity index (χ1n) is 5.15. The van der Waals surface area contributed by atoms with E-state index in [0.717, 1.165) is 12.2 Å². The first-order chi connectivity index (χ1) is 9.17. The van der Waals surface area contributed by atoms with Gasteiger partial charge in [-0.3, -0.25) is 0 Å². The Balaban J connectivity index is 0. The Labute approximate surface area is 115 Å². The molecule has 0 spiro atoms. The van der Waals surface area contributed by atoms with Gasteiger partial charge in [0.1, 0.15) is 0 Å². The summed E-state index contributed by atoms with van der Waals surface area (Å²) in [6, 6.07) is 0. The molecular weight excluding hydrogens is 272 g/mol. The lowest BCUT2D eigenvalue weighted by atomic mass is 10.1. The summed E-state index contributed by atoms with van der Waals surface area (Å²) < 4.78 is 8.42. The molecule has 0 amide bonds. The van der Waals surface area contributed by atoms with Crippen molar-refractivity contribution in [3.8, 4) is 0 Å². The topological polar surface area (TPSA) is 127 Å². The third kappa shape index (κ3) is 9.40. The van der Waals surface area contributed by atoms with E-state index in [-0.39, 0.29) is 11.1 Å². The second-order valence-corrected chi connectivity index (χ2v) is 3.24. The number of hydrogen-bond donors (Lipinski definition) is 2. The normalized spacial score (nSPS) is 10.8. The van der Waals surface area contributed by atoms with Gasteiger partial charge in [-0.15, -0.1) is 0 Å². The molecule has 112 valence electrons. The van der Waals surface area contributed by atoms with Crippen LogP contribution in [0, 0.1) is 0 Å². The van der Waals surface area contributed by atoms with Crippen LogP contribution in [0.15, 0.2) is 23.3 Å². The molecule has 0 unspecified atom stereocenters. The number of carbonyl (C=O) groups is 4. The Morgan fingerprint density at radius 1 is 0.750 bits per heavy atom. The average molecular weight is 288 g/mol. The zero-order valence-electron chi connectivity index (χ0n) is 11.5. The van der Waals surface area contributed by atoms with Gasteiger partial charge in [-0.05, 0) is 13.8 Å². The third-order valence-electron chi connectivity index (χ3n) is 1.96. The van der Waals surface area contributed by atoms with Gasteiger partial charge < -0.3 is 19.7 Å². The lowest BCUT2D eigenvalue weighted by Crippen LogP contribution is -2.06. The monoisotopic (exact) mass is 288 g/mol. The van der Waals surface area contributed by atoms with Crippen molar-refractivity contribution in [1.82, 2.24) is 0 Å². The van der Waals surface area contributed by atoms with Crippen LogP contribution in [0.4, 0.5) is 0 Å². The fourth-order valence-electron chi connectivity index (χ4n) is 0.593. The van der Waals surface area contributed by atoms with Gasteiger partial charge in [0.15, 0.2) is 0 Å². The number of ether oxygens (including phenoxy) is 2. The molecule has 0 fully saturated rings. The standard InChI is InChI=1S/2C6H8O4/c1-9-5(7)3-4-6(8)10-2;1-3(5(7)8)4(2)6(9)10/h3-4H,1-2H3;1-2H3,(H,7,8)(H,9,10)/b2*4-3-. The second-order valence-electron chi connectivity index (χ2n) is 3.24. The summed E-state index contributed by atoms with van der Waals surface area (Å²) in [5.41, 5.74) is -0.264. The van der Waals surface area contributed by atoms with Crippen LogP contribution < -0.4 is 0 Å². The van der Waals surface area contributed by atoms with Crippen LogP contribution in [-0.4, -0.2) is 48.3 Å². The van der Waals surface area contributed by atoms with Gasteiger partial charge in [-0.2, -0.15) is 0 Å². The van der Waals surface area contributed by atoms with Gasteiger partial charge >= 0.3 is 23.9 Å². The van der Waals surface area contributed by atoms with Gasteiger partial charge in [-0.1, -0.05) is 0 Å². The van der Waals surface area contributed by atoms with Crippen LogP contribution in [0.1, 0.15) is 13.8 Å². The number of aliphatic carboxylic acids is 2. The summed E-state index contributed by atoms with van der Waals surface area (Å²) in [5.74, 6) is -3.55. The number of hydrogen-bond acceptors (Lipinski definition) is 6. The molecule has 0 atom stereocenters. The molecular formula is C12H16O8. The van der Waals surface area contributed by atoms with Gasteiger partial charge in [-0.25, -0.2) is 19.2 Å². The molecule has 0 aliphatic carbocycles. The lowest BCUT2D eigenvalue weighted by molar-refractivity contribution is -0.137. The highest BCUT2D eigenvalue weighted by Gasteiger charge is 2.09. The highest BCUT2D eigenvalue weighted by molar-refractivity contribution is 5.97. The zero-order chi connectivity index (χ0) is 16.3. The van der Waals surface area contributed by atoms with Crippen molar-refractivity contribution in [2.45, 2.75) is 13.8 Å². The van der Waals surface area contributed by atoms with Crippen LogP contribution in [0.5, 0.6) is 0 Å². The van der Waals surface area contributed by atoms with Crippen molar-refractivity contribution >= 4 is 23.9 Å². The molecule has 8 nitrogen and oxygen atoms in total. The van der Waals surface area contributed by atoms with Gasteiger partial charge in [0.2, 0.25) is 0 Å². The lowest BCUT2D eigenvalue weighted by Gasteiger charge is -1.95. The molecule has 20 heavy (non-hydrogen) atoms. The molecule has 0 saturated heterocycles. The molecule has 0 aromatic carbocycles. The maximum atomic E-state index is 10.3. The van der Waals surface area contributed by atoms with E-state index in [9.17, 15) is 19.2 Å². The minimum Gasteiger partial charge on any atom is -0.478 e. The van der Waals surface area contributed by atoms with Crippen LogP contribution in [-0.2, 0) is 28.7 Å². The summed E-state index contributed by atoms with van der Waals surface area (Å²) in [6.07, 6.45) is 1.98. The molecule has 0 bridgehead atoms. The summed E-state index contributed by atoms with van der Waals surface area (Å²) in [5, 5.41) is 16.6. The van der Waals surface area contributed by atoms with E-state index in [1.807, 2.05) is 0 Å². The van der Waals surface area contributed by atoms with E-state index >= 15 is 0 Å². The van der Waals surface area contributed by atoms with Crippen LogP contribution in [0.2, 0.25) is 0 Å². The van der Waals surface area contributed by atoms with E-state index in [1.165, 1.54) is 28.1 Å². The van der Waals surface area contributed by atoms with Crippen LogP contribution in [0.25, 0.3) is 0 Å². The summed E-state index contributed by atoms with van der Waals surface area (Å²) >= 11 is 0. The molecule has 0 aliphatic rings. The van der Waals surface area contributed by atoms with Crippen LogP contribution >= 0.6 is 0 Å². The van der Waals surface area contributed by atoms with E-state index in [1.54, 1.807) is 0 Å². The number of carbonyl (C=O) groups excluding carboxylic acids is 2. The number of rotatable bonds is 4. The van der Waals surface area contributed by atoms with Crippen molar-refractivity contribution in [1.29, 1.82) is 0 Å². The molecule has 0 saturated carbocycles. The third-order valence-corrected chi connectivity index (χ3v) is 1.96. The highest BCUT2D eigenvalue weighted by atomic mass is 16.5. The van der Waals surface area contributed by atoms with E-state index < -0.39 is 23.9 Å². The van der Waals surface area contributed by atoms with E-state index in [0.29, 0.717) is 0 Å². The van der Waals surface area contributed by atoms with Crippen LogP contribution in [0.3, 0.4) is 0 Å². The molecule has 0 heterocycles. The molecule has 0 radical (unpaired) electrons. The Morgan fingerprint density at radius 2 is 1.00 bits per heavy atom. The molecule has 0 aromatic heterocycles. The van der Waals surface area contributed by atoms with Crippen molar-refractivity contribution in [2.75, 3.05) is 14.2 Å². The fraction of sp³-hybridized carbons (Fsp3) is 0.333. The predicted molar refractivity (Wildman–Crippen MR) is 66.8 cm³/mol. The summed E-state index contributed by atoms with van der Waals surface area (Å²) in [7, 11) is 2.45. The molecule has 0 rings (SSSR count). The first-order valence-corrected chi connectivity index (χ1v) is 5.15. The minimum absolute atomic E-state index is 0.132. The average Bonchev–Trinajstić information content (AvgIpc) is 2.42. The summed E-state index contributed by atoms with van der Waals surface area (Å²) in [6.45, 7) is 2.51. The molecule has 0 aliphatic heterocycles. The molecule has 8 heteroatoms. The molecule has 2 N–H and O–H groups in total. The van der Waals surface area contributed by atoms with Crippen molar-refractivity contribution in [2.24, 2.45) is 0 Å². The summed E-state index contributed by atoms with van der Waals surface area (Å²) in [4.78, 5) is 40.9. The first kappa shape index (κ1) is 19.7.